The van der Waals surface area contributed by atoms with E-state index in [1.807, 2.05) is 65.8 Å². The average Bonchev–Trinajstić information content (AvgIpc) is 2.54. The van der Waals surface area contributed by atoms with E-state index in [0.29, 0.717) is 0 Å². The topological polar surface area (TPSA) is 80.3 Å². The molecule has 0 bridgehead atoms. The van der Waals surface area contributed by atoms with Gasteiger partial charge in [-0.05, 0) is 22.0 Å². The van der Waals surface area contributed by atoms with Gasteiger partial charge in [0.15, 0.2) is 0 Å². The molecule has 0 aromatic heterocycles. The van der Waals surface area contributed by atoms with Gasteiger partial charge in [-0.1, -0.05) is 90.1 Å². The van der Waals surface area contributed by atoms with Gasteiger partial charge in [0.1, 0.15) is 0 Å². The van der Waals surface area contributed by atoms with E-state index in [1.54, 1.807) is 24.3 Å². The van der Waals surface area contributed by atoms with Gasteiger partial charge in [-0.3, -0.25) is 0 Å². The summed E-state index contributed by atoms with van der Waals surface area (Å²) in [5, 5.41) is 21.5. The number of carboxylic acids is 2. The Kier molecular flexibility index (Phi) is 8.97. The molecular formula is C22H26FeO4. The van der Waals surface area contributed by atoms with E-state index in [2.05, 4.69) is 0 Å². The number of hydrogen-bond donors (Lipinski definition) is 0. The van der Waals surface area contributed by atoms with Crippen LogP contribution in [0.4, 0.5) is 0 Å². The first-order valence-electron chi connectivity index (χ1n) is 8.47. The summed E-state index contributed by atoms with van der Waals surface area (Å²) >= 11 is 0. The third-order valence-corrected chi connectivity index (χ3v) is 3.91. The molecule has 0 unspecified atom stereocenters. The van der Waals surface area contributed by atoms with Crippen LogP contribution in [0.5, 0.6) is 0 Å². The molecule has 0 atom stereocenters. The predicted octanol–water partition coefficient (Wildman–Crippen LogP) is 2.69. The molecule has 27 heavy (non-hydrogen) atoms. The molecule has 0 saturated carbocycles. The van der Waals surface area contributed by atoms with E-state index in [-0.39, 0.29) is 39.0 Å². The predicted molar refractivity (Wildman–Crippen MR) is 98.9 cm³/mol. The van der Waals surface area contributed by atoms with Crippen molar-refractivity contribution in [3.05, 3.63) is 70.8 Å². The zero-order valence-electron chi connectivity index (χ0n) is 16.6. The molecule has 5 heteroatoms. The van der Waals surface area contributed by atoms with Crippen molar-refractivity contribution in [1.29, 1.82) is 0 Å². The standard InChI is InChI=1S/2C11H14O2.Fe/c2*1-11(2,3)9-7-5-4-6-8(9)10(12)13;/h2*4-7H,1-3H3,(H,12,13);/q;;+2/p-2. The third-order valence-electron chi connectivity index (χ3n) is 3.91. The van der Waals surface area contributed by atoms with E-state index in [9.17, 15) is 19.8 Å². The molecule has 0 aliphatic rings. The van der Waals surface area contributed by atoms with Crippen molar-refractivity contribution in [2.45, 2.75) is 52.4 Å². The summed E-state index contributed by atoms with van der Waals surface area (Å²) in [6, 6.07) is 13.9. The molecule has 0 heterocycles. The fourth-order valence-corrected chi connectivity index (χ4v) is 2.63. The summed E-state index contributed by atoms with van der Waals surface area (Å²) < 4.78 is 0. The normalized spacial score (nSPS) is 10.9. The second-order valence-corrected chi connectivity index (χ2v) is 8.17. The summed E-state index contributed by atoms with van der Waals surface area (Å²) in [5.74, 6) is -2.21. The molecule has 2 aromatic rings. The second kappa shape index (κ2) is 9.72. The molecular weight excluding hydrogens is 384 g/mol. The van der Waals surface area contributed by atoms with Crippen LogP contribution in [0, 0.1) is 0 Å². The molecule has 0 fully saturated rings. The van der Waals surface area contributed by atoms with Crippen LogP contribution in [0.1, 0.15) is 73.4 Å². The quantitative estimate of drug-likeness (QED) is 0.713. The SMILES string of the molecule is CC(C)(C)c1ccccc1C(=O)[O-].CC(C)(C)c1ccccc1C(=O)[O-].[Fe+2]. The Hall–Kier alpha value is -2.10. The first-order chi connectivity index (χ1) is 11.9. The van der Waals surface area contributed by atoms with Crippen LogP contribution in [-0.4, -0.2) is 11.9 Å². The van der Waals surface area contributed by atoms with Gasteiger partial charge in [0, 0.05) is 11.1 Å². The van der Waals surface area contributed by atoms with Crippen molar-refractivity contribution in [3.8, 4) is 0 Å². The Bertz CT molecular complexity index is 716. The maximum Gasteiger partial charge on any atom is 2.00 e. The summed E-state index contributed by atoms with van der Waals surface area (Å²) in [4.78, 5) is 21.5. The zero-order valence-corrected chi connectivity index (χ0v) is 17.7. The van der Waals surface area contributed by atoms with Gasteiger partial charge in [-0.2, -0.15) is 0 Å². The molecule has 0 aliphatic heterocycles. The second-order valence-electron chi connectivity index (χ2n) is 8.17. The summed E-state index contributed by atoms with van der Waals surface area (Å²) in [6.07, 6.45) is 0. The van der Waals surface area contributed by atoms with Crippen LogP contribution in [0.3, 0.4) is 0 Å². The first kappa shape index (κ1) is 24.9. The Morgan fingerprint density at radius 1 is 0.630 bits per heavy atom. The fraction of sp³-hybridized carbons (Fsp3) is 0.364. The smallest absolute Gasteiger partial charge is 0.545 e. The molecule has 0 spiro atoms. The third kappa shape index (κ3) is 7.20. The fourth-order valence-electron chi connectivity index (χ4n) is 2.63. The Labute approximate surface area is 172 Å². The number of carbonyl (C=O) groups is 2. The molecule has 2 aromatic carbocycles. The van der Waals surface area contributed by atoms with Gasteiger partial charge < -0.3 is 19.8 Å². The Morgan fingerprint density at radius 2 is 0.889 bits per heavy atom. The number of hydrogen-bond acceptors (Lipinski definition) is 4. The van der Waals surface area contributed by atoms with Crippen molar-refractivity contribution in [3.63, 3.8) is 0 Å². The molecule has 0 aliphatic carbocycles. The number of aromatic carboxylic acids is 2. The van der Waals surface area contributed by atoms with E-state index >= 15 is 0 Å². The number of rotatable bonds is 2. The van der Waals surface area contributed by atoms with Crippen molar-refractivity contribution in [1.82, 2.24) is 0 Å². The van der Waals surface area contributed by atoms with E-state index in [0.717, 1.165) is 11.1 Å². The number of carboxylic acid groups (broad SMARTS) is 2. The van der Waals surface area contributed by atoms with Crippen molar-refractivity contribution in [2.24, 2.45) is 0 Å². The average molecular weight is 410 g/mol. The van der Waals surface area contributed by atoms with E-state index in [1.165, 1.54) is 0 Å². The summed E-state index contributed by atoms with van der Waals surface area (Å²) in [6.45, 7) is 11.9. The van der Waals surface area contributed by atoms with Crippen molar-refractivity contribution in [2.75, 3.05) is 0 Å². The Morgan fingerprint density at radius 3 is 1.07 bits per heavy atom. The molecule has 0 N–H and O–H groups in total. The van der Waals surface area contributed by atoms with Crippen LogP contribution in [0.2, 0.25) is 0 Å². The minimum absolute atomic E-state index is 0. The van der Waals surface area contributed by atoms with Gasteiger partial charge >= 0.3 is 17.1 Å². The molecule has 0 saturated heterocycles. The van der Waals surface area contributed by atoms with Gasteiger partial charge in [-0.15, -0.1) is 0 Å². The minimum Gasteiger partial charge on any atom is -0.545 e. The molecule has 0 radical (unpaired) electrons. The Balaban J connectivity index is 0.000000483. The molecule has 0 amide bonds. The van der Waals surface area contributed by atoms with Crippen LogP contribution in [0.15, 0.2) is 48.5 Å². The first-order valence-corrected chi connectivity index (χ1v) is 8.47. The van der Waals surface area contributed by atoms with Gasteiger partial charge in [-0.25, -0.2) is 0 Å². The van der Waals surface area contributed by atoms with Crippen molar-refractivity contribution >= 4 is 11.9 Å². The van der Waals surface area contributed by atoms with Crippen LogP contribution >= 0.6 is 0 Å². The number of carbonyl (C=O) groups excluding carboxylic acids is 2. The van der Waals surface area contributed by atoms with Crippen LogP contribution in [-0.2, 0) is 27.9 Å². The number of benzene rings is 2. The van der Waals surface area contributed by atoms with E-state index < -0.39 is 11.9 Å². The summed E-state index contributed by atoms with van der Waals surface area (Å²) in [7, 11) is 0. The monoisotopic (exact) mass is 410 g/mol. The minimum atomic E-state index is -1.11. The van der Waals surface area contributed by atoms with Crippen molar-refractivity contribution < 1.29 is 36.9 Å². The maximum absolute atomic E-state index is 10.8. The van der Waals surface area contributed by atoms with Crippen LogP contribution in [0.25, 0.3) is 0 Å². The molecule has 4 nitrogen and oxygen atoms in total. The van der Waals surface area contributed by atoms with Crippen LogP contribution < -0.4 is 10.2 Å². The largest absolute Gasteiger partial charge is 2.00 e. The maximum atomic E-state index is 10.8. The molecule has 2 rings (SSSR count). The van der Waals surface area contributed by atoms with Gasteiger partial charge in [0.25, 0.3) is 0 Å². The zero-order chi connectivity index (χ0) is 20.1. The summed E-state index contributed by atoms with van der Waals surface area (Å²) in [5.41, 5.74) is 1.89. The van der Waals surface area contributed by atoms with E-state index in [4.69, 9.17) is 0 Å². The van der Waals surface area contributed by atoms with Gasteiger partial charge in [0.05, 0.1) is 11.9 Å². The molecule has 146 valence electrons. The van der Waals surface area contributed by atoms with Gasteiger partial charge in [0.2, 0.25) is 0 Å².